The summed E-state index contributed by atoms with van der Waals surface area (Å²) in [6, 6.07) is 8.17. The van der Waals surface area contributed by atoms with Crippen LogP contribution in [0, 0.1) is 30.3 Å². The van der Waals surface area contributed by atoms with Crippen molar-refractivity contribution in [3.63, 3.8) is 0 Å². The Labute approximate surface area is 182 Å². The molecule has 0 radical (unpaired) electrons. The number of hydrogen-bond acceptors (Lipinski definition) is 3. The zero-order valence-corrected chi connectivity index (χ0v) is 18.5. The summed E-state index contributed by atoms with van der Waals surface area (Å²) in [5.74, 6) is -3.01. The first kappa shape index (κ1) is 23.4. The number of hydrogen-bond donors (Lipinski definition) is 1. The van der Waals surface area contributed by atoms with Crippen LogP contribution in [0.15, 0.2) is 35.9 Å². The van der Waals surface area contributed by atoms with Gasteiger partial charge in [0, 0.05) is 23.6 Å². The van der Waals surface area contributed by atoms with Crippen LogP contribution in [0.25, 0.3) is 6.08 Å². The predicted octanol–water partition coefficient (Wildman–Crippen LogP) is 5.44. The second-order valence-corrected chi connectivity index (χ2v) is 8.58. The Morgan fingerprint density at radius 1 is 1.16 bits per heavy atom. The number of rotatable bonds is 5. The third-order valence-corrected chi connectivity index (χ3v) is 6.14. The fourth-order valence-electron chi connectivity index (χ4n) is 4.55. The summed E-state index contributed by atoms with van der Waals surface area (Å²) in [5, 5.41) is 12.1. The summed E-state index contributed by atoms with van der Waals surface area (Å²) >= 11 is 0. The van der Waals surface area contributed by atoms with Crippen LogP contribution in [-0.2, 0) is 5.60 Å². The van der Waals surface area contributed by atoms with Crippen LogP contribution in [0.3, 0.4) is 0 Å². The highest BCUT2D eigenvalue weighted by molar-refractivity contribution is 5.59. The molecule has 1 saturated carbocycles. The maximum Gasteiger partial charge on any atom is 0.164 e. The molecule has 3 rings (SSSR count). The molecule has 0 spiro atoms. The molecule has 0 aromatic heterocycles. The predicted molar refractivity (Wildman–Crippen MR) is 116 cm³/mol. The molecule has 2 unspecified atom stereocenters. The van der Waals surface area contributed by atoms with E-state index in [-0.39, 0.29) is 11.5 Å². The van der Waals surface area contributed by atoms with Crippen molar-refractivity contribution in [1.29, 1.82) is 0 Å². The van der Waals surface area contributed by atoms with Crippen molar-refractivity contribution in [1.82, 2.24) is 4.90 Å². The molecular formula is C25H30F3NO2. The molecule has 0 saturated heterocycles. The molecule has 1 N–H and O–H groups in total. The van der Waals surface area contributed by atoms with Gasteiger partial charge in [-0.25, -0.2) is 13.2 Å². The molecule has 3 nitrogen and oxygen atoms in total. The Hall–Kier alpha value is -2.31. The van der Waals surface area contributed by atoms with E-state index in [0.29, 0.717) is 30.7 Å². The monoisotopic (exact) mass is 433 g/mol. The molecule has 1 aliphatic carbocycles. The molecule has 0 bridgehead atoms. The number of ether oxygens (including phenoxy) is 1. The Balaban J connectivity index is 2.26. The lowest BCUT2D eigenvalue weighted by atomic mass is 9.73. The zero-order valence-electron chi connectivity index (χ0n) is 18.5. The average molecular weight is 434 g/mol. The van der Waals surface area contributed by atoms with Crippen LogP contribution in [0.4, 0.5) is 13.2 Å². The zero-order chi connectivity index (χ0) is 22.8. The quantitative estimate of drug-likeness (QED) is 0.503. The smallest absolute Gasteiger partial charge is 0.164 e. The summed E-state index contributed by atoms with van der Waals surface area (Å²) in [7, 11) is 5.33. The molecule has 31 heavy (non-hydrogen) atoms. The van der Waals surface area contributed by atoms with Gasteiger partial charge in [0.1, 0.15) is 17.2 Å². The van der Waals surface area contributed by atoms with E-state index in [1.54, 1.807) is 7.11 Å². The van der Waals surface area contributed by atoms with Crippen LogP contribution < -0.4 is 4.74 Å². The van der Waals surface area contributed by atoms with Crippen LogP contribution >= 0.6 is 0 Å². The van der Waals surface area contributed by atoms with Gasteiger partial charge in [0.25, 0.3) is 0 Å². The van der Waals surface area contributed by atoms with Gasteiger partial charge in [-0.05, 0) is 69.6 Å². The molecule has 0 amide bonds. The van der Waals surface area contributed by atoms with E-state index in [9.17, 15) is 13.9 Å². The fraction of sp³-hybridized carbons (Fsp3) is 0.440. The van der Waals surface area contributed by atoms with Crippen molar-refractivity contribution in [2.24, 2.45) is 5.92 Å². The van der Waals surface area contributed by atoms with Gasteiger partial charge >= 0.3 is 0 Å². The topological polar surface area (TPSA) is 32.7 Å². The van der Waals surface area contributed by atoms with E-state index < -0.39 is 28.6 Å². The number of aliphatic hydroxyl groups is 1. The molecule has 168 valence electrons. The lowest BCUT2D eigenvalue weighted by Crippen LogP contribution is -2.42. The van der Waals surface area contributed by atoms with Crippen molar-refractivity contribution in [2.75, 3.05) is 27.7 Å². The summed E-state index contributed by atoms with van der Waals surface area (Å²) in [4.78, 5) is 1.93. The molecule has 0 aliphatic heterocycles. The Morgan fingerprint density at radius 3 is 2.58 bits per heavy atom. The summed E-state index contributed by atoms with van der Waals surface area (Å²) in [6.07, 6.45) is 4.65. The van der Waals surface area contributed by atoms with Crippen LogP contribution in [-0.4, -0.2) is 37.8 Å². The standard InChI is InChI=1S/C25H30F3NO2/c1-16-23(27)21(14-22(26)24(16)28)25(30)18(9-5-6-10-19(25)15-29(2)3)12-17-8-7-11-20(13-17)31-4/h7-8,11-14,19,30H,5-6,9-10,15H2,1-4H3. The normalized spacial score (nSPS) is 23.3. The van der Waals surface area contributed by atoms with E-state index in [0.717, 1.165) is 24.5 Å². The van der Waals surface area contributed by atoms with Crippen molar-refractivity contribution in [2.45, 2.75) is 38.2 Å². The maximum atomic E-state index is 15.3. The van der Waals surface area contributed by atoms with Crippen molar-refractivity contribution < 1.29 is 23.0 Å². The average Bonchev–Trinajstić information content (AvgIpc) is 2.89. The first-order chi connectivity index (χ1) is 14.7. The van der Waals surface area contributed by atoms with E-state index in [1.165, 1.54) is 6.92 Å². The largest absolute Gasteiger partial charge is 0.497 e. The van der Waals surface area contributed by atoms with Gasteiger partial charge in [0.15, 0.2) is 11.6 Å². The Kier molecular flexibility index (Phi) is 7.12. The Bertz CT molecular complexity index is 973. The van der Waals surface area contributed by atoms with Gasteiger partial charge in [-0.1, -0.05) is 24.6 Å². The van der Waals surface area contributed by atoms with Crippen LogP contribution in [0.5, 0.6) is 5.75 Å². The minimum Gasteiger partial charge on any atom is -0.497 e. The number of halogens is 3. The maximum absolute atomic E-state index is 15.3. The van der Waals surface area contributed by atoms with Gasteiger partial charge in [-0.2, -0.15) is 0 Å². The van der Waals surface area contributed by atoms with Gasteiger partial charge < -0.3 is 14.7 Å². The van der Waals surface area contributed by atoms with Gasteiger partial charge in [0.05, 0.1) is 7.11 Å². The van der Waals surface area contributed by atoms with Crippen molar-refractivity contribution in [3.05, 3.63) is 70.0 Å². The number of benzene rings is 2. The third kappa shape index (κ3) is 4.65. The van der Waals surface area contributed by atoms with E-state index in [4.69, 9.17) is 4.74 Å². The van der Waals surface area contributed by atoms with Gasteiger partial charge in [0.2, 0.25) is 0 Å². The highest BCUT2D eigenvalue weighted by Gasteiger charge is 2.45. The van der Waals surface area contributed by atoms with Crippen molar-refractivity contribution >= 4 is 6.08 Å². The molecule has 1 fully saturated rings. The summed E-state index contributed by atoms with van der Waals surface area (Å²) < 4.78 is 49.0. The number of methoxy groups -OCH3 is 1. The highest BCUT2D eigenvalue weighted by Crippen LogP contribution is 2.47. The fourth-order valence-corrected chi connectivity index (χ4v) is 4.55. The highest BCUT2D eigenvalue weighted by atomic mass is 19.2. The minimum atomic E-state index is -1.77. The van der Waals surface area contributed by atoms with Crippen LogP contribution in [0.1, 0.15) is 42.4 Å². The number of nitrogens with zero attached hydrogens (tertiary/aromatic N) is 1. The Morgan fingerprint density at radius 2 is 1.90 bits per heavy atom. The molecule has 2 aromatic rings. The molecule has 2 aromatic carbocycles. The molecule has 6 heteroatoms. The lowest BCUT2D eigenvalue weighted by Gasteiger charge is -2.39. The lowest BCUT2D eigenvalue weighted by molar-refractivity contribution is -0.00292. The van der Waals surface area contributed by atoms with Crippen LogP contribution in [0.2, 0.25) is 0 Å². The molecule has 1 aliphatic rings. The van der Waals surface area contributed by atoms with Gasteiger partial charge in [-0.3, -0.25) is 0 Å². The summed E-state index contributed by atoms with van der Waals surface area (Å²) in [5.41, 5.74) is -1.01. The van der Waals surface area contributed by atoms with E-state index in [1.807, 2.05) is 49.3 Å². The van der Waals surface area contributed by atoms with Gasteiger partial charge in [-0.15, -0.1) is 0 Å². The van der Waals surface area contributed by atoms with E-state index >= 15 is 4.39 Å². The third-order valence-electron chi connectivity index (χ3n) is 6.14. The second kappa shape index (κ2) is 9.45. The first-order valence-corrected chi connectivity index (χ1v) is 10.5. The SMILES string of the molecule is COc1cccc(C=C2CCCCC(CN(C)C)C2(O)c2cc(F)c(F)c(C)c2F)c1. The minimum absolute atomic E-state index is 0.202. The van der Waals surface area contributed by atoms with E-state index in [2.05, 4.69) is 0 Å². The van der Waals surface area contributed by atoms with Crippen molar-refractivity contribution in [3.8, 4) is 5.75 Å². The molecule has 0 heterocycles. The summed E-state index contributed by atoms with van der Waals surface area (Å²) in [6.45, 7) is 1.67. The molecular weight excluding hydrogens is 403 g/mol. The first-order valence-electron chi connectivity index (χ1n) is 10.5. The second-order valence-electron chi connectivity index (χ2n) is 8.58. The molecule has 2 atom stereocenters.